The van der Waals surface area contributed by atoms with Crippen molar-refractivity contribution in [2.75, 3.05) is 0 Å². The molecule has 0 radical (unpaired) electrons. The fraction of sp³-hybridized carbons (Fsp3) is 0.429. The molecule has 0 atom stereocenters. The summed E-state index contributed by atoms with van der Waals surface area (Å²) in [5, 5.41) is 0.150. The highest BCUT2D eigenvalue weighted by Crippen LogP contribution is 2.39. The van der Waals surface area contributed by atoms with E-state index in [1.807, 2.05) is 19.1 Å². The summed E-state index contributed by atoms with van der Waals surface area (Å²) in [6.45, 7) is 4.16. The average Bonchev–Trinajstić information content (AvgIpc) is 2.78. The van der Waals surface area contributed by atoms with Gasteiger partial charge in [0.2, 0.25) is 0 Å². The Morgan fingerprint density at radius 2 is 1.48 bits per heavy atom. The van der Waals surface area contributed by atoms with Crippen LogP contribution in [0.2, 0.25) is 0 Å². The van der Waals surface area contributed by atoms with Gasteiger partial charge in [0.05, 0.1) is 5.39 Å². The summed E-state index contributed by atoms with van der Waals surface area (Å²) in [5.74, 6) is -1.28. The summed E-state index contributed by atoms with van der Waals surface area (Å²) >= 11 is 0. The van der Waals surface area contributed by atoms with E-state index in [1.165, 1.54) is 44.1 Å². The van der Waals surface area contributed by atoms with Gasteiger partial charge < -0.3 is 0 Å². The van der Waals surface area contributed by atoms with E-state index < -0.39 is 17.5 Å². The third-order valence-electron chi connectivity index (χ3n) is 6.95. The summed E-state index contributed by atoms with van der Waals surface area (Å²) in [5.41, 5.74) is 2.60. The SMILES string of the molecule is CCCc1cc2ccc(-c3ccc(C4CCC(CCC)CC4)cc3)c(F)c2c(F)c1F. The third-order valence-corrected chi connectivity index (χ3v) is 6.95. The molecule has 0 spiro atoms. The van der Waals surface area contributed by atoms with Crippen molar-refractivity contribution in [2.45, 2.75) is 71.1 Å². The highest BCUT2D eigenvalue weighted by atomic mass is 19.2. The Bertz CT molecular complexity index is 1040. The minimum atomic E-state index is -1.08. The Hall–Kier alpha value is -2.29. The van der Waals surface area contributed by atoms with Crippen LogP contribution >= 0.6 is 0 Å². The van der Waals surface area contributed by atoms with Crippen molar-refractivity contribution >= 4 is 10.8 Å². The van der Waals surface area contributed by atoms with Gasteiger partial charge in [-0.1, -0.05) is 69.5 Å². The molecule has 3 aromatic carbocycles. The lowest BCUT2D eigenvalue weighted by Crippen LogP contribution is -2.13. The molecule has 3 aromatic rings. The lowest BCUT2D eigenvalue weighted by atomic mass is 9.77. The molecule has 0 bridgehead atoms. The van der Waals surface area contributed by atoms with Crippen LogP contribution < -0.4 is 0 Å². The van der Waals surface area contributed by atoms with E-state index in [-0.39, 0.29) is 5.39 Å². The molecule has 0 saturated heterocycles. The zero-order chi connectivity index (χ0) is 22.0. The van der Waals surface area contributed by atoms with E-state index in [2.05, 4.69) is 19.1 Å². The topological polar surface area (TPSA) is 0 Å². The average molecular weight is 425 g/mol. The minimum absolute atomic E-state index is 0.256. The predicted molar refractivity (Wildman–Crippen MR) is 123 cm³/mol. The van der Waals surface area contributed by atoms with Crippen LogP contribution in [0.1, 0.15) is 75.8 Å². The molecular weight excluding hydrogens is 393 g/mol. The molecule has 0 aliphatic heterocycles. The zero-order valence-electron chi connectivity index (χ0n) is 18.5. The van der Waals surface area contributed by atoms with Crippen LogP contribution in [-0.4, -0.2) is 0 Å². The molecule has 1 aliphatic carbocycles. The molecule has 1 saturated carbocycles. The fourth-order valence-electron chi connectivity index (χ4n) is 5.24. The van der Waals surface area contributed by atoms with Gasteiger partial charge in [0.25, 0.3) is 0 Å². The van der Waals surface area contributed by atoms with E-state index in [0.29, 0.717) is 40.8 Å². The van der Waals surface area contributed by atoms with Crippen molar-refractivity contribution in [3.63, 3.8) is 0 Å². The van der Waals surface area contributed by atoms with Crippen molar-refractivity contribution in [1.82, 2.24) is 0 Å². The summed E-state index contributed by atoms with van der Waals surface area (Å²) in [6, 6.07) is 12.9. The summed E-state index contributed by atoms with van der Waals surface area (Å²) in [6.07, 6.45) is 8.70. The summed E-state index contributed by atoms with van der Waals surface area (Å²) < 4.78 is 44.4. The first-order chi connectivity index (χ1) is 15.0. The van der Waals surface area contributed by atoms with Crippen molar-refractivity contribution < 1.29 is 13.2 Å². The largest absolute Gasteiger partial charge is 0.206 e. The van der Waals surface area contributed by atoms with Crippen LogP contribution in [-0.2, 0) is 6.42 Å². The van der Waals surface area contributed by atoms with Crippen LogP contribution in [0.3, 0.4) is 0 Å². The number of aryl methyl sites for hydroxylation is 1. The minimum Gasteiger partial charge on any atom is -0.206 e. The Kier molecular flexibility index (Phi) is 6.69. The van der Waals surface area contributed by atoms with Gasteiger partial charge in [0.15, 0.2) is 11.6 Å². The van der Waals surface area contributed by atoms with Crippen molar-refractivity contribution in [2.24, 2.45) is 5.92 Å². The van der Waals surface area contributed by atoms with E-state index in [0.717, 1.165) is 5.92 Å². The molecule has 3 heteroatoms. The highest BCUT2D eigenvalue weighted by Gasteiger charge is 2.22. The van der Waals surface area contributed by atoms with Gasteiger partial charge in [0.1, 0.15) is 5.82 Å². The smallest absolute Gasteiger partial charge is 0.169 e. The molecular formula is C28H31F3. The Morgan fingerprint density at radius 1 is 0.774 bits per heavy atom. The van der Waals surface area contributed by atoms with E-state index in [9.17, 15) is 8.78 Å². The predicted octanol–water partition coefficient (Wildman–Crippen LogP) is 8.95. The molecule has 0 heterocycles. The first-order valence-corrected chi connectivity index (χ1v) is 11.7. The number of rotatable bonds is 6. The maximum atomic E-state index is 15.3. The maximum absolute atomic E-state index is 15.3. The number of hydrogen-bond donors (Lipinski definition) is 0. The second kappa shape index (κ2) is 9.46. The van der Waals surface area contributed by atoms with Gasteiger partial charge in [-0.2, -0.15) is 0 Å². The second-order valence-corrected chi connectivity index (χ2v) is 9.07. The van der Waals surface area contributed by atoms with E-state index >= 15 is 4.39 Å². The van der Waals surface area contributed by atoms with Crippen LogP contribution in [0.25, 0.3) is 21.9 Å². The number of benzene rings is 3. The Labute approximate surface area is 183 Å². The molecule has 0 aromatic heterocycles. The van der Waals surface area contributed by atoms with Gasteiger partial charge in [-0.05, 0) is 72.1 Å². The first kappa shape index (κ1) is 21.9. The van der Waals surface area contributed by atoms with Gasteiger partial charge in [-0.15, -0.1) is 0 Å². The number of hydrogen-bond acceptors (Lipinski definition) is 0. The quantitative estimate of drug-likeness (QED) is 0.370. The first-order valence-electron chi connectivity index (χ1n) is 11.7. The van der Waals surface area contributed by atoms with Crippen LogP contribution in [0.15, 0.2) is 42.5 Å². The zero-order valence-corrected chi connectivity index (χ0v) is 18.5. The molecule has 164 valence electrons. The molecule has 1 aliphatic rings. The Morgan fingerprint density at radius 3 is 2.13 bits per heavy atom. The normalized spacial score (nSPS) is 19.1. The maximum Gasteiger partial charge on any atom is 0.169 e. The summed E-state index contributed by atoms with van der Waals surface area (Å²) in [7, 11) is 0. The standard InChI is InChI=1S/C28H31F3/c1-3-5-18-7-9-19(10-8-18)20-11-13-21(14-12-20)24-16-15-22-17-23(6-4-2)26(29)28(31)25(22)27(24)30/h11-19H,3-10H2,1-2H3. The van der Waals surface area contributed by atoms with Crippen LogP contribution in [0, 0.1) is 23.4 Å². The molecule has 1 fully saturated rings. The number of halogens is 3. The van der Waals surface area contributed by atoms with Gasteiger partial charge in [-0.25, -0.2) is 13.2 Å². The number of fused-ring (bicyclic) bond motifs is 1. The third kappa shape index (κ3) is 4.37. The van der Waals surface area contributed by atoms with E-state index in [1.54, 1.807) is 18.2 Å². The lowest BCUT2D eigenvalue weighted by molar-refractivity contribution is 0.308. The van der Waals surface area contributed by atoms with Crippen molar-refractivity contribution in [3.8, 4) is 11.1 Å². The van der Waals surface area contributed by atoms with Crippen LogP contribution in [0.5, 0.6) is 0 Å². The molecule has 0 amide bonds. The Balaban J connectivity index is 1.61. The molecule has 0 nitrogen and oxygen atoms in total. The molecule has 4 rings (SSSR count). The monoisotopic (exact) mass is 424 g/mol. The van der Waals surface area contributed by atoms with E-state index in [4.69, 9.17) is 0 Å². The second-order valence-electron chi connectivity index (χ2n) is 9.07. The van der Waals surface area contributed by atoms with Gasteiger partial charge in [0, 0.05) is 5.56 Å². The lowest BCUT2D eigenvalue weighted by Gasteiger charge is -2.28. The summed E-state index contributed by atoms with van der Waals surface area (Å²) in [4.78, 5) is 0. The van der Waals surface area contributed by atoms with Crippen molar-refractivity contribution in [3.05, 3.63) is 71.0 Å². The van der Waals surface area contributed by atoms with Crippen molar-refractivity contribution in [1.29, 1.82) is 0 Å². The fourth-order valence-corrected chi connectivity index (χ4v) is 5.24. The van der Waals surface area contributed by atoms with Crippen LogP contribution in [0.4, 0.5) is 13.2 Å². The molecule has 0 N–H and O–H groups in total. The molecule has 31 heavy (non-hydrogen) atoms. The molecule has 0 unspecified atom stereocenters. The van der Waals surface area contributed by atoms with Gasteiger partial charge in [-0.3, -0.25) is 0 Å². The highest BCUT2D eigenvalue weighted by molar-refractivity contribution is 5.89. The van der Waals surface area contributed by atoms with Gasteiger partial charge >= 0.3 is 0 Å².